The summed E-state index contributed by atoms with van der Waals surface area (Å²) in [6.45, 7) is 0. The Labute approximate surface area is 63.8 Å². The Morgan fingerprint density at radius 1 is 1.36 bits per heavy atom. The molecule has 0 saturated heterocycles. The highest BCUT2D eigenvalue weighted by Crippen LogP contribution is 1.95. The summed E-state index contributed by atoms with van der Waals surface area (Å²) < 4.78 is 0. The third-order valence-corrected chi connectivity index (χ3v) is 1.27. The van der Waals surface area contributed by atoms with E-state index in [-0.39, 0.29) is 19.3 Å². The van der Waals surface area contributed by atoms with Gasteiger partial charge in [-0.3, -0.25) is 0 Å². The number of hydrogen-bond donors (Lipinski definition) is 1. The highest BCUT2D eigenvalue weighted by molar-refractivity contribution is 5.69. The van der Waals surface area contributed by atoms with Crippen LogP contribution in [0.3, 0.4) is 0 Å². The Balaban J connectivity index is 3.39. The number of rotatable bonds is 5. The second-order valence-electron chi connectivity index (χ2n) is 2.28. The standard InChI is InChI=1S/C6H11NO4/c7-4(6(10)11)2-1-3-5(8)9/h4H,1-3,7H2,(H,8,9)(H,10,11)/p-1/t4-/m1/s1. The molecule has 64 valence electrons. The molecule has 1 atom stereocenters. The van der Waals surface area contributed by atoms with Crippen molar-refractivity contribution in [3.8, 4) is 0 Å². The summed E-state index contributed by atoms with van der Waals surface area (Å²) in [7, 11) is 0. The van der Waals surface area contributed by atoms with E-state index in [1.165, 1.54) is 0 Å². The monoisotopic (exact) mass is 160 g/mol. The van der Waals surface area contributed by atoms with Gasteiger partial charge in [-0.2, -0.15) is 0 Å². The van der Waals surface area contributed by atoms with E-state index < -0.39 is 18.0 Å². The summed E-state index contributed by atoms with van der Waals surface area (Å²) >= 11 is 0. The summed E-state index contributed by atoms with van der Waals surface area (Å²) in [4.78, 5) is 19.9. The third-order valence-electron chi connectivity index (χ3n) is 1.27. The third kappa shape index (κ3) is 5.35. The molecule has 0 saturated carbocycles. The highest BCUT2D eigenvalue weighted by atomic mass is 16.4. The summed E-state index contributed by atoms with van der Waals surface area (Å²) in [5, 5.41) is 19.9. The van der Waals surface area contributed by atoms with Crippen LogP contribution in [0.5, 0.6) is 0 Å². The number of aliphatic carboxylic acids is 2. The van der Waals surface area contributed by atoms with Gasteiger partial charge in [-0.25, -0.2) is 0 Å². The molecule has 5 heteroatoms. The van der Waals surface area contributed by atoms with Crippen LogP contribution in [0.1, 0.15) is 19.3 Å². The predicted molar refractivity (Wildman–Crippen MR) is 30.5 cm³/mol. The lowest BCUT2D eigenvalue weighted by Crippen LogP contribution is -2.68. The quantitative estimate of drug-likeness (QED) is 0.446. The molecule has 0 heterocycles. The maximum absolute atomic E-state index is 10.0. The Bertz CT molecular complexity index is 157. The van der Waals surface area contributed by atoms with Crippen molar-refractivity contribution in [1.82, 2.24) is 0 Å². The normalized spacial score (nSPS) is 12.5. The first-order chi connectivity index (χ1) is 5.04. The molecule has 0 unspecified atom stereocenters. The maximum Gasteiger partial charge on any atom is 0.124 e. The van der Waals surface area contributed by atoms with Crippen molar-refractivity contribution >= 4 is 11.9 Å². The number of carboxylic acids is 2. The zero-order chi connectivity index (χ0) is 8.85. The molecular weight excluding hydrogens is 150 g/mol. The van der Waals surface area contributed by atoms with E-state index >= 15 is 0 Å². The molecule has 0 fully saturated rings. The fraction of sp³-hybridized carbons (Fsp3) is 0.667. The van der Waals surface area contributed by atoms with E-state index in [1.807, 2.05) is 0 Å². The zero-order valence-corrected chi connectivity index (χ0v) is 6.04. The van der Waals surface area contributed by atoms with Crippen molar-refractivity contribution in [1.29, 1.82) is 0 Å². The second kappa shape index (κ2) is 4.68. The van der Waals surface area contributed by atoms with Crippen LogP contribution in [0.25, 0.3) is 0 Å². The van der Waals surface area contributed by atoms with E-state index in [0.717, 1.165) is 0 Å². The van der Waals surface area contributed by atoms with Gasteiger partial charge in [-0.05, 0) is 12.8 Å². The number of carboxylic acid groups (broad SMARTS) is 2. The first kappa shape index (κ1) is 9.90. The molecule has 0 aliphatic carbocycles. The van der Waals surface area contributed by atoms with Gasteiger partial charge in [0.25, 0.3) is 0 Å². The Hall–Kier alpha value is -1.10. The lowest BCUT2D eigenvalue weighted by molar-refractivity contribution is -0.438. The fourth-order valence-electron chi connectivity index (χ4n) is 0.611. The molecule has 11 heavy (non-hydrogen) atoms. The minimum atomic E-state index is -1.25. The molecule has 3 N–H and O–H groups in total. The smallest absolute Gasteiger partial charge is 0.124 e. The first-order valence-corrected chi connectivity index (χ1v) is 3.28. The molecule has 0 spiro atoms. The van der Waals surface area contributed by atoms with Crippen LogP contribution in [0, 0.1) is 0 Å². The molecule has 0 bridgehead atoms. The van der Waals surface area contributed by atoms with Crippen LogP contribution in [0.15, 0.2) is 0 Å². The molecule has 5 nitrogen and oxygen atoms in total. The van der Waals surface area contributed by atoms with Gasteiger partial charge in [0.05, 0.1) is 5.97 Å². The molecule has 0 amide bonds. The molecule has 0 rings (SSSR count). The van der Waals surface area contributed by atoms with Crippen molar-refractivity contribution in [2.75, 3.05) is 0 Å². The lowest BCUT2D eigenvalue weighted by atomic mass is 10.1. The summed E-state index contributed by atoms with van der Waals surface area (Å²) in [5.74, 6) is -2.42. The summed E-state index contributed by atoms with van der Waals surface area (Å²) in [6.07, 6.45) is 0.361. The van der Waals surface area contributed by atoms with E-state index in [2.05, 4.69) is 5.73 Å². The van der Waals surface area contributed by atoms with Crippen molar-refractivity contribution in [2.24, 2.45) is 0 Å². The van der Waals surface area contributed by atoms with E-state index in [0.29, 0.717) is 0 Å². The Morgan fingerprint density at radius 3 is 2.27 bits per heavy atom. The number of carbonyl (C=O) groups excluding carboxylic acids is 2. The van der Waals surface area contributed by atoms with Crippen LogP contribution in [0.4, 0.5) is 0 Å². The van der Waals surface area contributed by atoms with Gasteiger partial charge >= 0.3 is 0 Å². The summed E-state index contributed by atoms with van der Waals surface area (Å²) in [6, 6.07) is -0.825. The van der Waals surface area contributed by atoms with Gasteiger partial charge in [-0.15, -0.1) is 0 Å². The van der Waals surface area contributed by atoms with E-state index in [1.54, 1.807) is 0 Å². The van der Waals surface area contributed by atoms with Gasteiger partial charge < -0.3 is 25.5 Å². The molecule has 0 aromatic rings. The molecular formula is C6H10NO4-. The Kier molecular flexibility index (Phi) is 4.21. The number of carbonyl (C=O) groups is 2. The van der Waals surface area contributed by atoms with Crippen molar-refractivity contribution in [3.05, 3.63) is 0 Å². The summed E-state index contributed by atoms with van der Waals surface area (Å²) in [5.41, 5.74) is 3.26. The maximum atomic E-state index is 10.0. The second-order valence-corrected chi connectivity index (χ2v) is 2.28. The molecule has 0 aromatic heterocycles. The Morgan fingerprint density at radius 2 is 1.91 bits per heavy atom. The highest BCUT2D eigenvalue weighted by Gasteiger charge is 2.05. The van der Waals surface area contributed by atoms with Crippen molar-refractivity contribution < 1.29 is 25.5 Å². The largest absolute Gasteiger partial charge is 0.550 e. The molecule has 0 radical (unpaired) electrons. The minimum Gasteiger partial charge on any atom is -0.550 e. The van der Waals surface area contributed by atoms with Crippen molar-refractivity contribution in [3.63, 3.8) is 0 Å². The van der Waals surface area contributed by atoms with E-state index in [9.17, 15) is 19.8 Å². The van der Waals surface area contributed by atoms with Gasteiger partial charge in [0, 0.05) is 12.4 Å². The SMILES string of the molecule is [NH3+][C@H](CCCC(=O)[O-])C(=O)[O-]. The first-order valence-electron chi connectivity index (χ1n) is 3.28. The molecule has 0 aliphatic heterocycles. The minimum absolute atomic E-state index is 0.126. The lowest BCUT2D eigenvalue weighted by Gasteiger charge is -2.08. The van der Waals surface area contributed by atoms with Crippen LogP contribution in [0.2, 0.25) is 0 Å². The van der Waals surface area contributed by atoms with Gasteiger partial charge in [0.2, 0.25) is 0 Å². The van der Waals surface area contributed by atoms with Gasteiger partial charge in [0.15, 0.2) is 0 Å². The molecule has 0 aliphatic rings. The van der Waals surface area contributed by atoms with Crippen LogP contribution < -0.4 is 15.9 Å². The van der Waals surface area contributed by atoms with Crippen LogP contribution >= 0.6 is 0 Å². The number of quaternary nitrogens is 1. The van der Waals surface area contributed by atoms with Gasteiger partial charge in [-0.1, -0.05) is 0 Å². The van der Waals surface area contributed by atoms with E-state index in [4.69, 9.17) is 0 Å². The predicted octanol–water partition coefficient (Wildman–Crippen LogP) is -3.73. The molecule has 0 aromatic carbocycles. The average Bonchev–Trinajstić information content (AvgIpc) is 1.86. The fourth-order valence-corrected chi connectivity index (χ4v) is 0.611. The topological polar surface area (TPSA) is 108 Å². The van der Waals surface area contributed by atoms with Crippen molar-refractivity contribution in [2.45, 2.75) is 25.3 Å². The average molecular weight is 160 g/mol. The number of hydrogen-bond acceptors (Lipinski definition) is 4. The van der Waals surface area contributed by atoms with Crippen LogP contribution in [-0.4, -0.2) is 18.0 Å². The zero-order valence-electron chi connectivity index (χ0n) is 6.04. The van der Waals surface area contributed by atoms with Crippen LogP contribution in [-0.2, 0) is 9.59 Å². The van der Waals surface area contributed by atoms with Gasteiger partial charge in [0.1, 0.15) is 6.04 Å².